The lowest BCUT2D eigenvalue weighted by Gasteiger charge is -2.15. The van der Waals surface area contributed by atoms with Crippen molar-refractivity contribution in [2.75, 3.05) is 14.1 Å². The zero-order chi connectivity index (χ0) is 17.5. The molecule has 24 heavy (non-hydrogen) atoms. The molecule has 0 aliphatic heterocycles. The summed E-state index contributed by atoms with van der Waals surface area (Å²) in [6.07, 6.45) is 3.34. The third-order valence-corrected chi connectivity index (χ3v) is 4.27. The van der Waals surface area contributed by atoms with E-state index in [0.717, 1.165) is 15.6 Å². The largest absolute Gasteiger partial charge is 0.355 e. The normalized spacial score (nSPS) is 10.6. The molecule has 0 heterocycles. The minimum atomic E-state index is -0.123. The summed E-state index contributed by atoms with van der Waals surface area (Å²) in [5.74, 6) is -0.205. The Morgan fingerprint density at radius 1 is 1.12 bits per heavy atom. The highest BCUT2D eigenvalue weighted by Crippen LogP contribution is 2.17. The van der Waals surface area contributed by atoms with E-state index in [1.807, 2.05) is 36.4 Å². The van der Waals surface area contributed by atoms with Crippen LogP contribution in [0.25, 0.3) is 6.08 Å². The summed E-state index contributed by atoms with van der Waals surface area (Å²) in [6.45, 7) is 0.479. The highest BCUT2D eigenvalue weighted by Gasteiger charge is 2.07. The van der Waals surface area contributed by atoms with E-state index in [2.05, 4.69) is 21.2 Å². The predicted molar refractivity (Wildman–Crippen MR) is 99.5 cm³/mol. The Bertz CT molecular complexity index is 754. The number of nitrogens with one attached hydrogen (secondary N) is 1. The number of nitrogens with zero attached hydrogens (tertiary/aromatic N) is 1. The number of carbonyl (C=O) groups excluding carboxylic acids is 2. The van der Waals surface area contributed by atoms with Gasteiger partial charge in [0.25, 0.3) is 5.91 Å². The number of amides is 2. The molecule has 2 aromatic rings. The van der Waals surface area contributed by atoms with E-state index >= 15 is 0 Å². The molecule has 0 aliphatic rings. The van der Waals surface area contributed by atoms with Crippen molar-refractivity contribution in [3.8, 4) is 0 Å². The second-order valence-corrected chi connectivity index (χ2v) is 6.18. The van der Waals surface area contributed by atoms with E-state index in [-0.39, 0.29) is 11.8 Å². The first-order valence-corrected chi connectivity index (χ1v) is 8.29. The van der Waals surface area contributed by atoms with Crippen molar-refractivity contribution in [1.29, 1.82) is 0 Å². The fourth-order valence-electron chi connectivity index (χ4n) is 2.16. The van der Waals surface area contributed by atoms with Crippen LogP contribution < -0.4 is 5.32 Å². The summed E-state index contributed by atoms with van der Waals surface area (Å²) in [6, 6.07) is 14.9. The van der Waals surface area contributed by atoms with Crippen LogP contribution in [-0.4, -0.2) is 30.8 Å². The summed E-state index contributed by atoms with van der Waals surface area (Å²) >= 11 is 3.45. The molecule has 124 valence electrons. The van der Waals surface area contributed by atoms with Crippen LogP contribution in [0.2, 0.25) is 0 Å². The standard InChI is InChI=1S/C19H19BrN2O2/c1-21-19(24)16-9-7-14(8-10-16)13-22(2)18(23)12-11-15-5-3-4-6-17(15)20/h3-12H,13H2,1-2H3,(H,21,24)/b12-11+. The Hall–Kier alpha value is -2.40. The molecule has 0 atom stereocenters. The molecule has 0 aromatic heterocycles. The van der Waals surface area contributed by atoms with Gasteiger partial charge < -0.3 is 10.2 Å². The van der Waals surface area contributed by atoms with Crippen LogP contribution in [0.5, 0.6) is 0 Å². The molecule has 0 bridgehead atoms. The third kappa shape index (κ3) is 4.80. The van der Waals surface area contributed by atoms with Crippen molar-refractivity contribution in [1.82, 2.24) is 10.2 Å². The van der Waals surface area contributed by atoms with Gasteiger partial charge in [0.2, 0.25) is 5.91 Å². The summed E-state index contributed by atoms with van der Waals surface area (Å²) in [5.41, 5.74) is 2.52. The van der Waals surface area contributed by atoms with Crippen molar-refractivity contribution in [2.45, 2.75) is 6.54 Å². The third-order valence-electron chi connectivity index (χ3n) is 3.55. The zero-order valence-electron chi connectivity index (χ0n) is 13.6. The number of halogens is 1. The van der Waals surface area contributed by atoms with Gasteiger partial charge in [0, 0.05) is 36.8 Å². The molecular weight excluding hydrogens is 368 g/mol. The molecule has 0 unspecified atom stereocenters. The molecule has 2 amide bonds. The molecule has 0 fully saturated rings. The molecule has 0 saturated heterocycles. The minimum absolute atomic E-state index is 0.0823. The molecule has 1 N–H and O–H groups in total. The maximum Gasteiger partial charge on any atom is 0.251 e. The lowest BCUT2D eigenvalue weighted by Crippen LogP contribution is -2.24. The molecule has 0 saturated carbocycles. The first kappa shape index (κ1) is 17.9. The van der Waals surface area contributed by atoms with E-state index in [4.69, 9.17) is 0 Å². The predicted octanol–water partition coefficient (Wildman–Crippen LogP) is 3.48. The van der Waals surface area contributed by atoms with Gasteiger partial charge in [-0.3, -0.25) is 9.59 Å². The van der Waals surface area contributed by atoms with Crippen molar-refractivity contribution in [2.24, 2.45) is 0 Å². The van der Waals surface area contributed by atoms with Crippen molar-refractivity contribution >= 4 is 33.8 Å². The fraction of sp³-hybridized carbons (Fsp3) is 0.158. The van der Waals surface area contributed by atoms with E-state index < -0.39 is 0 Å². The van der Waals surface area contributed by atoms with E-state index in [1.165, 1.54) is 0 Å². The quantitative estimate of drug-likeness (QED) is 0.799. The number of hydrogen-bond acceptors (Lipinski definition) is 2. The van der Waals surface area contributed by atoms with Gasteiger partial charge in [0.15, 0.2) is 0 Å². The summed E-state index contributed by atoms with van der Waals surface area (Å²) in [7, 11) is 3.35. The van der Waals surface area contributed by atoms with Gasteiger partial charge >= 0.3 is 0 Å². The second-order valence-electron chi connectivity index (χ2n) is 5.33. The molecule has 0 radical (unpaired) electrons. The molecular formula is C19H19BrN2O2. The van der Waals surface area contributed by atoms with Gasteiger partial charge in [-0.2, -0.15) is 0 Å². The maximum atomic E-state index is 12.2. The van der Waals surface area contributed by atoms with E-state index in [9.17, 15) is 9.59 Å². The second kappa shape index (κ2) is 8.45. The van der Waals surface area contributed by atoms with Crippen molar-refractivity contribution in [3.63, 3.8) is 0 Å². The zero-order valence-corrected chi connectivity index (χ0v) is 15.2. The molecule has 0 aliphatic carbocycles. The van der Waals surface area contributed by atoms with Gasteiger partial charge in [-0.1, -0.05) is 46.3 Å². The van der Waals surface area contributed by atoms with Crippen LogP contribution >= 0.6 is 15.9 Å². The van der Waals surface area contributed by atoms with Gasteiger partial charge in [-0.15, -0.1) is 0 Å². The minimum Gasteiger partial charge on any atom is -0.355 e. The Morgan fingerprint density at radius 2 is 1.79 bits per heavy atom. The van der Waals surface area contributed by atoms with Crippen LogP contribution in [0.1, 0.15) is 21.5 Å². The number of rotatable bonds is 5. The van der Waals surface area contributed by atoms with Crippen LogP contribution in [0.15, 0.2) is 59.1 Å². The first-order valence-electron chi connectivity index (χ1n) is 7.50. The van der Waals surface area contributed by atoms with Crippen LogP contribution in [0.4, 0.5) is 0 Å². The molecule has 2 aromatic carbocycles. The van der Waals surface area contributed by atoms with Gasteiger partial charge in [0.1, 0.15) is 0 Å². The highest BCUT2D eigenvalue weighted by molar-refractivity contribution is 9.10. The Morgan fingerprint density at radius 3 is 2.42 bits per heavy atom. The number of benzene rings is 2. The van der Waals surface area contributed by atoms with Crippen molar-refractivity contribution in [3.05, 3.63) is 75.8 Å². The van der Waals surface area contributed by atoms with Gasteiger partial charge in [0.05, 0.1) is 0 Å². The van der Waals surface area contributed by atoms with Crippen LogP contribution in [-0.2, 0) is 11.3 Å². The average molecular weight is 387 g/mol. The van der Waals surface area contributed by atoms with Crippen LogP contribution in [0.3, 0.4) is 0 Å². The first-order chi connectivity index (χ1) is 11.5. The summed E-state index contributed by atoms with van der Waals surface area (Å²) in [4.78, 5) is 25.4. The Balaban J connectivity index is 1.99. The van der Waals surface area contributed by atoms with E-state index in [0.29, 0.717) is 12.1 Å². The fourth-order valence-corrected chi connectivity index (χ4v) is 2.57. The SMILES string of the molecule is CNC(=O)c1ccc(CN(C)C(=O)/C=C/c2ccccc2Br)cc1. The molecule has 4 nitrogen and oxygen atoms in total. The number of carbonyl (C=O) groups is 2. The lowest BCUT2D eigenvalue weighted by atomic mass is 10.1. The van der Waals surface area contributed by atoms with E-state index in [1.54, 1.807) is 43.3 Å². The summed E-state index contributed by atoms with van der Waals surface area (Å²) < 4.78 is 0.946. The molecule has 0 spiro atoms. The monoisotopic (exact) mass is 386 g/mol. The lowest BCUT2D eigenvalue weighted by molar-refractivity contribution is -0.125. The maximum absolute atomic E-state index is 12.2. The smallest absolute Gasteiger partial charge is 0.251 e. The van der Waals surface area contributed by atoms with Gasteiger partial charge in [-0.05, 0) is 35.4 Å². The summed E-state index contributed by atoms with van der Waals surface area (Å²) in [5, 5.41) is 2.58. The molecule has 5 heteroatoms. The number of likely N-dealkylation sites (N-methyl/N-ethyl adjacent to an activating group) is 1. The average Bonchev–Trinajstić information content (AvgIpc) is 2.60. The molecule has 2 rings (SSSR count). The van der Waals surface area contributed by atoms with Crippen molar-refractivity contribution < 1.29 is 9.59 Å². The van der Waals surface area contributed by atoms with Gasteiger partial charge in [-0.25, -0.2) is 0 Å². The topological polar surface area (TPSA) is 49.4 Å². The number of hydrogen-bond donors (Lipinski definition) is 1. The highest BCUT2D eigenvalue weighted by atomic mass is 79.9. The Labute approximate surface area is 150 Å². The Kier molecular flexibility index (Phi) is 6.32. The van der Waals surface area contributed by atoms with Crippen LogP contribution in [0, 0.1) is 0 Å².